The second-order valence-electron chi connectivity index (χ2n) is 5.46. The Morgan fingerprint density at radius 2 is 2.26 bits per heavy atom. The summed E-state index contributed by atoms with van der Waals surface area (Å²) in [6.45, 7) is 1.92. The van der Waals surface area contributed by atoms with Crippen LogP contribution in [0.3, 0.4) is 0 Å². The molecule has 5 heteroatoms. The SMILES string of the molecule is CC(C(=O)N1C2CCC1C(C(=O)O)C2)c1cccs1. The van der Waals surface area contributed by atoms with E-state index in [1.54, 1.807) is 11.3 Å². The number of fused-ring (bicyclic) bond motifs is 2. The summed E-state index contributed by atoms with van der Waals surface area (Å²) < 4.78 is 0. The zero-order chi connectivity index (χ0) is 13.6. The van der Waals surface area contributed by atoms with E-state index in [2.05, 4.69) is 0 Å². The lowest BCUT2D eigenvalue weighted by molar-refractivity contribution is -0.143. The first kappa shape index (κ1) is 12.7. The number of carbonyl (C=O) groups excluding carboxylic acids is 1. The summed E-state index contributed by atoms with van der Waals surface area (Å²) in [6.07, 6.45) is 2.42. The fraction of sp³-hybridized carbons (Fsp3) is 0.571. The molecule has 0 spiro atoms. The highest BCUT2D eigenvalue weighted by Gasteiger charge is 2.51. The van der Waals surface area contributed by atoms with Crippen molar-refractivity contribution in [1.82, 2.24) is 4.90 Å². The third-order valence-corrected chi connectivity index (χ3v) is 5.50. The molecule has 2 saturated heterocycles. The molecule has 0 aliphatic carbocycles. The van der Waals surface area contributed by atoms with Gasteiger partial charge in [-0.2, -0.15) is 0 Å². The molecule has 1 aromatic rings. The van der Waals surface area contributed by atoms with E-state index in [-0.39, 0.29) is 29.8 Å². The molecule has 4 atom stereocenters. The maximum Gasteiger partial charge on any atom is 0.308 e. The number of hydrogen-bond donors (Lipinski definition) is 1. The molecule has 2 aliphatic rings. The van der Waals surface area contributed by atoms with E-state index < -0.39 is 5.97 Å². The average Bonchev–Trinajstić information content (AvgIpc) is 3.11. The van der Waals surface area contributed by atoms with Crippen LogP contribution in [0.1, 0.15) is 37.0 Å². The van der Waals surface area contributed by atoms with Crippen molar-refractivity contribution in [3.8, 4) is 0 Å². The Hall–Kier alpha value is -1.36. The molecule has 0 saturated carbocycles. The summed E-state index contributed by atoms with van der Waals surface area (Å²) in [4.78, 5) is 26.8. The van der Waals surface area contributed by atoms with Crippen LogP contribution in [-0.4, -0.2) is 34.0 Å². The Bertz CT molecular complexity index is 499. The number of carboxylic acids is 1. The number of carbonyl (C=O) groups is 2. The largest absolute Gasteiger partial charge is 0.481 e. The van der Waals surface area contributed by atoms with Gasteiger partial charge in [0.2, 0.25) is 5.91 Å². The number of aliphatic carboxylic acids is 1. The van der Waals surface area contributed by atoms with Crippen LogP contribution in [0.2, 0.25) is 0 Å². The molecule has 2 bridgehead atoms. The Morgan fingerprint density at radius 1 is 1.47 bits per heavy atom. The van der Waals surface area contributed by atoms with E-state index in [1.807, 2.05) is 29.3 Å². The zero-order valence-corrected chi connectivity index (χ0v) is 11.6. The van der Waals surface area contributed by atoms with E-state index in [1.165, 1.54) is 0 Å². The number of amides is 1. The monoisotopic (exact) mass is 279 g/mol. The predicted octanol–water partition coefficient (Wildman–Crippen LogP) is 2.32. The highest BCUT2D eigenvalue weighted by Crippen LogP contribution is 2.43. The van der Waals surface area contributed by atoms with Gasteiger partial charge in [-0.25, -0.2) is 0 Å². The fourth-order valence-corrected chi connectivity index (χ4v) is 4.26. The zero-order valence-electron chi connectivity index (χ0n) is 10.8. The van der Waals surface area contributed by atoms with Crippen molar-refractivity contribution in [2.45, 2.75) is 44.2 Å². The Morgan fingerprint density at radius 3 is 2.84 bits per heavy atom. The summed E-state index contributed by atoms with van der Waals surface area (Å²) in [5.41, 5.74) is 0. The van der Waals surface area contributed by atoms with E-state index >= 15 is 0 Å². The third-order valence-electron chi connectivity index (χ3n) is 4.45. The minimum Gasteiger partial charge on any atom is -0.481 e. The molecular formula is C14H17NO3S. The first-order valence-corrected chi connectivity index (χ1v) is 7.56. The van der Waals surface area contributed by atoms with Crippen LogP contribution < -0.4 is 0 Å². The topological polar surface area (TPSA) is 57.6 Å². The average molecular weight is 279 g/mol. The van der Waals surface area contributed by atoms with Crippen molar-refractivity contribution in [1.29, 1.82) is 0 Å². The molecule has 0 aromatic carbocycles. The van der Waals surface area contributed by atoms with Crippen molar-refractivity contribution in [2.24, 2.45) is 5.92 Å². The van der Waals surface area contributed by atoms with Crippen LogP contribution in [0, 0.1) is 5.92 Å². The maximum absolute atomic E-state index is 12.6. The van der Waals surface area contributed by atoms with Crippen LogP contribution in [-0.2, 0) is 9.59 Å². The summed E-state index contributed by atoms with van der Waals surface area (Å²) in [5.74, 6) is -1.18. The van der Waals surface area contributed by atoms with E-state index in [0.717, 1.165) is 17.7 Å². The van der Waals surface area contributed by atoms with E-state index in [4.69, 9.17) is 0 Å². The lowest BCUT2D eigenvalue weighted by Crippen LogP contribution is -2.40. The Balaban J connectivity index is 1.80. The first-order valence-electron chi connectivity index (χ1n) is 6.68. The van der Waals surface area contributed by atoms with Crippen molar-refractivity contribution in [2.75, 3.05) is 0 Å². The highest BCUT2D eigenvalue weighted by molar-refractivity contribution is 7.10. The summed E-state index contributed by atoms with van der Waals surface area (Å²) in [7, 11) is 0. The van der Waals surface area contributed by atoms with Gasteiger partial charge >= 0.3 is 5.97 Å². The van der Waals surface area contributed by atoms with Gasteiger partial charge in [0.15, 0.2) is 0 Å². The maximum atomic E-state index is 12.6. The second-order valence-corrected chi connectivity index (χ2v) is 6.44. The normalized spacial score (nSPS) is 30.6. The quantitative estimate of drug-likeness (QED) is 0.923. The molecule has 1 amide bonds. The smallest absolute Gasteiger partial charge is 0.308 e. The summed E-state index contributed by atoms with van der Waals surface area (Å²) >= 11 is 1.58. The third kappa shape index (κ3) is 1.96. The molecule has 4 nitrogen and oxygen atoms in total. The number of hydrogen-bond acceptors (Lipinski definition) is 3. The van der Waals surface area contributed by atoms with Gasteiger partial charge in [0, 0.05) is 17.0 Å². The van der Waals surface area contributed by atoms with Gasteiger partial charge in [-0.05, 0) is 37.6 Å². The van der Waals surface area contributed by atoms with E-state index in [0.29, 0.717) is 6.42 Å². The molecule has 3 rings (SSSR count). The summed E-state index contributed by atoms with van der Waals surface area (Å²) in [6, 6.07) is 3.97. The first-order chi connectivity index (χ1) is 9.09. The molecule has 2 fully saturated rings. The minimum absolute atomic E-state index is 0.0857. The summed E-state index contributed by atoms with van der Waals surface area (Å²) in [5, 5.41) is 11.2. The molecule has 1 aromatic heterocycles. The van der Waals surface area contributed by atoms with Crippen molar-refractivity contribution < 1.29 is 14.7 Å². The predicted molar refractivity (Wildman–Crippen MR) is 72.1 cm³/mol. The van der Waals surface area contributed by atoms with Crippen LogP contribution in [0.15, 0.2) is 17.5 Å². The van der Waals surface area contributed by atoms with Crippen molar-refractivity contribution >= 4 is 23.2 Å². The lowest BCUT2D eigenvalue weighted by atomic mass is 9.89. The molecular weight excluding hydrogens is 262 g/mol. The standard InChI is InChI=1S/C14H17NO3S/c1-8(12-3-2-6-19-12)13(16)15-9-4-5-11(15)10(7-9)14(17)18/h2-3,6,8-11H,4-5,7H2,1H3,(H,17,18). The molecule has 1 N–H and O–H groups in total. The molecule has 102 valence electrons. The van der Waals surface area contributed by atoms with Gasteiger partial charge in [0.1, 0.15) is 0 Å². The fourth-order valence-electron chi connectivity index (χ4n) is 3.48. The van der Waals surface area contributed by atoms with Gasteiger partial charge in [-0.1, -0.05) is 6.07 Å². The number of thiophene rings is 1. The minimum atomic E-state index is -0.756. The van der Waals surface area contributed by atoms with Crippen LogP contribution in [0.5, 0.6) is 0 Å². The van der Waals surface area contributed by atoms with Gasteiger partial charge in [-0.15, -0.1) is 11.3 Å². The molecule has 2 aliphatic heterocycles. The van der Waals surface area contributed by atoms with Crippen molar-refractivity contribution in [3.05, 3.63) is 22.4 Å². The van der Waals surface area contributed by atoms with Gasteiger partial charge in [0.05, 0.1) is 11.8 Å². The van der Waals surface area contributed by atoms with E-state index in [9.17, 15) is 14.7 Å². The molecule has 0 radical (unpaired) electrons. The molecule has 3 heterocycles. The van der Waals surface area contributed by atoms with Gasteiger partial charge in [-0.3, -0.25) is 9.59 Å². The van der Waals surface area contributed by atoms with Crippen LogP contribution in [0.4, 0.5) is 0 Å². The second kappa shape index (κ2) is 4.63. The van der Waals surface area contributed by atoms with Crippen LogP contribution >= 0.6 is 11.3 Å². The molecule has 19 heavy (non-hydrogen) atoms. The van der Waals surface area contributed by atoms with Gasteiger partial charge in [0.25, 0.3) is 0 Å². The lowest BCUT2D eigenvalue weighted by Gasteiger charge is -2.26. The van der Waals surface area contributed by atoms with Gasteiger partial charge < -0.3 is 10.0 Å². The molecule has 4 unspecified atom stereocenters. The van der Waals surface area contributed by atoms with Crippen LogP contribution in [0.25, 0.3) is 0 Å². The van der Waals surface area contributed by atoms with Crippen molar-refractivity contribution in [3.63, 3.8) is 0 Å². The Labute approximate surface area is 116 Å². The number of nitrogens with zero attached hydrogens (tertiary/aromatic N) is 1. The highest BCUT2D eigenvalue weighted by atomic mass is 32.1. The number of rotatable bonds is 3. The Kier molecular flexibility index (Phi) is 3.09. The number of carboxylic acid groups (broad SMARTS) is 1.